The van der Waals surface area contributed by atoms with Gasteiger partial charge in [0, 0.05) is 5.56 Å². The minimum absolute atomic E-state index is 0.125. The molecule has 0 amide bonds. The smallest absolute Gasteiger partial charge is 0.185 e. The van der Waals surface area contributed by atoms with E-state index in [-0.39, 0.29) is 22.9 Å². The molecule has 5 nitrogen and oxygen atoms in total. The Morgan fingerprint density at radius 3 is 2.33 bits per heavy atom. The molecular weight excluding hydrogens is 308 g/mol. The van der Waals surface area contributed by atoms with Gasteiger partial charge in [-0.25, -0.2) is 0 Å². The molecule has 0 aliphatic carbocycles. The number of phenolic OH excluding ortho intramolecular Hbond substituents is 1. The second kappa shape index (κ2) is 7.46. The molecule has 0 saturated carbocycles. The van der Waals surface area contributed by atoms with Gasteiger partial charge in [0.2, 0.25) is 0 Å². The summed E-state index contributed by atoms with van der Waals surface area (Å²) in [6.45, 7) is 1.34. The summed E-state index contributed by atoms with van der Waals surface area (Å²) >= 11 is 0. The summed E-state index contributed by atoms with van der Waals surface area (Å²) in [4.78, 5) is 23.7. The lowest BCUT2D eigenvalue weighted by Crippen LogP contribution is -1.99. The Hall–Kier alpha value is -3.08. The molecule has 2 aromatic rings. The van der Waals surface area contributed by atoms with Crippen molar-refractivity contribution >= 4 is 17.6 Å². The third-order valence-electron chi connectivity index (χ3n) is 3.50. The number of benzene rings is 2. The number of Topliss-reactive ketones (excluding diaryl/α,β-unsaturated/α-hetero) is 1. The van der Waals surface area contributed by atoms with Crippen LogP contribution >= 0.6 is 0 Å². The highest BCUT2D eigenvalue weighted by molar-refractivity contribution is 6.08. The van der Waals surface area contributed by atoms with Crippen LogP contribution in [-0.4, -0.2) is 30.9 Å². The van der Waals surface area contributed by atoms with Gasteiger partial charge >= 0.3 is 0 Å². The number of phenols is 1. The Morgan fingerprint density at radius 2 is 1.71 bits per heavy atom. The molecule has 0 aromatic heterocycles. The van der Waals surface area contributed by atoms with Gasteiger partial charge < -0.3 is 14.6 Å². The molecule has 1 N–H and O–H groups in total. The number of ketones is 2. The lowest BCUT2D eigenvalue weighted by Gasteiger charge is -2.07. The van der Waals surface area contributed by atoms with Gasteiger partial charge in [-0.3, -0.25) is 9.59 Å². The molecule has 0 radical (unpaired) electrons. The SMILES string of the molecule is COc1ccc(/C=C/C(=O)c2ccc(O)c(C(C)=O)c2)cc1OC. The first-order chi connectivity index (χ1) is 11.5. The molecule has 2 rings (SSSR count). The molecule has 0 aliphatic heterocycles. The molecule has 0 atom stereocenters. The quantitative estimate of drug-likeness (QED) is 0.649. The minimum Gasteiger partial charge on any atom is -0.507 e. The van der Waals surface area contributed by atoms with E-state index in [1.165, 1.54) is 38.3 Å². The number of carbonyl (C=O) groups excluding carboxylic acids is 2. The maximum absolute atomic E-state index is 12.2. The van der Waals surface area contributed by atoms with Gasteiger partial charge in [0.1, 0.15) is 5.75 Å². The molecule has 0 spiro atoms. The number of hydrogen-bond donors (Lipinski definition) is 1. The van der Waals surface area contributed by atoms with Gasteiger partial charge in [-0.15, -0.1) is 0 Å². The third kappa shape index (κ3) is 3.81. The first-order valence-corrected chi connectivity index (χ1v) is 7.24. The first-order valence-electron chi connectivity index (χ1n) is 7.24. The Morgan fingerprint density at radius 1 is 1.00 bits per heavy atom. The molecule has 0 saturated heterocycles. The predicted molar refractivity (Wildman–Crippen MR) is 91.0 cm³/mol. The molecule has 0 bridgehead atoms. The molecule has 0 heterocycles. The zero-order chi connectivity index (χ0) is 17.7. The zero-order valence-electron chi connectivity index (χ0n) is 13.7. The molecule has 0 aliphatic rings. The molecule has 24 heavy (non-hydrogen) atoms. The lowest BCUT2D eigenvalue weighted by atomic mass is 10.0. The number of hydrogen-bond acceptors (Lipinski definition) is 5. The van der Waals surface area contributed by atoms with Crippen molar-refractivity contribution in [3.8, 4) is 17.2 Å². The third-order valence-corrected chi connectivity index (χ3v) is 3.50. The van der Waals surface area contributed by atoms with Crippen molar-refractivity contribution < 1.29 is 24.2 Å². The number of allylic oxidation sites excluding steroid dienone is 1. The maximum atomic E-state index is 12.2. The Balaban J connectivity index is 2.25. The lowest BCUT2D eigenvalue weighted by molar-refractivity contribution is 0.101. The Kier molecular flexibility index (Phi) is 5.37. The number of aromatic hydroxyl groups is 1. The van der Waals surface area contributed by atoms with Crippen molar-refractivity contribution in [1.82, 2.24) is 0 Å². The van der Waals surface area contributed by atoms with Crippen LogP contribution in [0.5, 0.6) is 17.2 Å². The van der Waals surface area contributed by atoms with Crippen LogP contribution < -0.4 is 9.47 Å². The second-order valence-electron chi connectivity index (χ2n) is 5.10. The van der Waals surface area contributed by atoms with E-state index in [2.05, 4.69) is 0 Å². The van der Waals surface area contributed by atoms with E-state index in [1.54, 1.807) is 31.4 Å². The highest BCUT2D eigenvalue weighted by Gasteiger charge is 2.10. The van der Waals surface area contributed by atoms with E-state index in [4.69, 9.17) is 9.47 Å². The molecule has 0 fully saturated rings. The number of ether oxygens (including phenoxy) is 2. The van der Waals surface area contributed by atoms with Gasteiger partial charge in [0.25, 0.3) is 0 Å². The highest BCUT2D eigenvalue weighted by Crippen LogP contribution is 2.28. The fourth-order valence-electron chi connectivity index (χ4n) is 2.20. The summed E-state index contributed by atoms with van der Waals surface area (Å²) in [7, 11) is 3.09. The average Bonchev–Trinajstić information content (AvgIpc) is 2.59. The Bertz CT molecular complexity index is 805. The van der Waals surface area contributed by atoms with Crippen molar-refractivity contribution in [1.29, 1.82) is 0 Å². The molecule has 124 valence electrons. The highest BCUT2D eigenvalue weighted by atomic mass is 16.5. The second-order valence-corrected chi connectivity index (χ2v) is 5.10. The van der Waals surface area contributed by atoms with Crippen molar-refractivity contribution in [2.24, 2.45) is 0 Å². The van der Waals surface area contributed by atoms with E-state index in [1.807, 2.05) is 0 Å². The molecule has 2 aromatic carbocycles. The summed E-state index contributed by atoms with van der Waals surface area (Å²) in [6, 6.07) is 9.50. The fourth-order valence-corrected chi connectivity index (χ4v) is 2.20. The summed E-state index contributed by atoms with van der Waals surface area (Å²) in [6.07, 6.45) is 3.04. The van der Waals surface area contributed by atoms with E-state index in [9.17, 15) is 14.7 Å². The summed E-state index contributed by atoms with van der Waals surface area (Å²) in [5, 5.41) is 9.63. The Labute approximate surface area is 140 Å². The topological polar surface area (TPSA) is 72.8 Å². The van der Waals surface area contributed by atoms with E-state index >= 15 is 0 Å². The molecular formula is C19H18O5. The van der Waals surface area contributed by atoms with Crippen molar-refractivity contribution in [2.75, 3.05) is 14.2 Å². The largest absolute Gasteiger partial charge is 0.507 e. The summed E-state index contributed by atoms with van der Waals surface area (Å²) in [5.74, 6) is 0.461. The molecule has 0 unspecified atom stereocenters. The molecule has 5 heteroatoms. The number of carbonyl (C=O) groups is 2. The fraction of sp³-hybridized carbons (Fsp3) is 0.158. The first kappa shape index (κ1) is 17.3. The van der Waals surface area contributed by atoms with Gasteiger partial charge in [-0.2, -0.15) is 0 Å². The minimum atomic E-state index is -0.300. The van der Waals surface area contributed by atoms with Gasteiger partial charge in [0.15, 0.2) is 23.1 Å². The zero-order valence-corrected chi connectivity index (χ0v) is 13.7. The van der Waals surface area contributed by atoms with Gasteiger partial charge in [0.05, 0.1) is 19.8 Å². The monoisotopic (exact) mass is 326 g/mol. The van der Waals surface area contributed by atoms with Gasteiger partial charge in [-0.05, 0) is 48.9 Å². The van der Waals surface area contributed by atoms with Crippen LogP contribution in [0, 0.1) is 0 Å². The number of methoxy groups -OCH3 is 2. The average molecular weight is 326 g/mol. The summed E-state index contributed by atoms with van der Waals surface area (Å²) < 4.78 is 10.4. The van der Waals surface area contributed by atoms with Crippen LogP contribution in [0.3, 0.4) is 0 Å². The van der Waals surface area contributed by atoms with Crippen LogP contribution in [0.4, 0.5) is 0 Å². The van der Waals surface area contributed by atoms with Crippen LogP contribution in [0.15, 0.2) is 42.5 Å². The van der Waals surface area contributed by atoms with Crippen molar-refractivity contribution in [3.63, 3.8) is 0 Å². The van der Waals surface area contributed by atoms with Crippen molar-refractivity contribution in [2.45, 2.75) is 6.92 Å². The van der Waals surface area contributed by atoms with Crippen LogP contribution in [0.25, 0.3) is 6.08 Å². The van der Waals surface area contributed by atoms with Crippen LogP contribution in [-0.2, 0) is 0 Å². The van der Waals surface area contributed by atoms with E-state index in [0.717, 1.165) is 5.56 Å². The summed E-state index contributed by atoms with van der Waals surface area (Å²) in [5.41, 5.74) is 1.22. The standard InChI is InChI=1S/C19H18O5/c1-12(20)15-11-14(6-8-17(15)22)16(21)7-4-13-5-9-18(23-2)19(10-13)24-3/h4-11,22H,1-3H3/b7-4+. The van der Waals surface area contributed by atoms with Crippen LogP contribution in [0.1, 0.15) is 33.2 Å². The van der Waals surface area contributed by atoms with Gasteiger partial charge in [-0.1, -0.05) is 12.1 Å². The van der Waals surface area contributed by atoms with E-state index < -0.39 is 0 Å². The van der Waals surface area contributed by atoms with E-state index in [0.29, 0.717) is 17.1 Å². The van der Waals surface area contributed by atoms with Crippen LogP contribution in [0.2, 0.25) is 0 Å². The number of rotatable bonds is 6. The maximum Gasteiger partial charge on any atom is 0.185 e. The predicted octanol–water partition coefficient (Wildman–Crippen LogP) is 3.51. The van der Waals surface area contributed by atoms with Crippen molar-refractivity contribution in [3.05, 3.63) is 59.2 Å². The normalized spacial score (nSPS) is 10.6.